The molecule has 3 nitrogen and oxygen atoms in total. The highest BCUT2D eigenvalue weighted by molar-refractivity contribution is 7.99. The minimum absolute atomic E-state index is 0.320. The summed E-state index contributed by atoms with van der Waals surface area (Å²) in [6, 6.07) is 8.65. The fraction of sp³-hybridized carbons (Fsp3) is 0. The Kier molecular flexibility index (Phi) is 3.85. The number of halogens is 2. The van der Waals surface area contributed by atoms with Crippen molar-refractivity contribution in [3.63, 3.8) is 0 Å². The molecule has 0 radical (unpaired) electrons. The summed E-state index contributed by atoms with van der Waals surface area (Å²) in [5.41, 5.74) is 0.320. The quantitative estimate of drug-likeness (QED) is 0.786. The molecule has 0 saturated carbocycles. The summed E-state index contributed by atoms with van der Waals surface area (Å²) in [7, 11) is 0. The van der Waals surface area contributed by atoms with Gasteiger partial charge in [0.05, 0.1) is 5.02 Å². The van der Waals surface area contributed by atoms with Crippen molar-refractivity contribution in [2.45, 2.75) is 10.1 Å². The third-order valence-corrected chi connectivity index (χ3v) is 3.46. The van der Waals surface area contributed by atoms with Gasteiger partial charge in [-0.1, -0.05) is 23.2 Å². The Morgan fingerprint density at radius 3 is 2.82 bits per heavy atom. The lowest BCUT2D eigenvalue weighted by Gasteiger charge is -2.03. The van der Waals surface area contributed by atoms with Crippen LogP contribution in [-0.4, -0.2) is 9.97 Å². The molecule has 0 N–H and O–H groups in total. The first kappa shape index (κ1) is 12.2. The monoisotopic (exact) mass is 281 g/mol. The molecule has 0 unspecified atom stereocenters. The van der Waals surface area contributed by atoms with E-state index in [0.29, 0.717) is 20.9 Å². The predicted molar refractivity (Wildman–Crippen MR) is 67.3 cm³/mol. The molecule has 0 fully saturated rings. The van der Waals surface area contributed by atoms with Crippen LogP contribution < -0.4 is 0 Å². The van der Waals surface area contributed by atoms with Crippen molar-refractivity contribution in [1.29, 1.82) is 5.26 Å². The molecule has 2 rings (SSSR count). The maximum atomic E-state index is 8.73. The van der Waals surface area contributed by atoms with Gasteiger partial charge in [0.15, 0.2) is 5.16 Å². The maximum absolute atomic E-state index is 8.73. The minimum Gasteiger partial charge on any atom is -0.231 e. The van der Waals surface area contributed by atoms with E-state index in [1.165, 1.54) is 18.0 Å². The Balaban J connectivity index is 2.31. The second kappa shape index (κ2) is 5.37. The van der Waals surface area contributed by atoms with Crippen molar-refractivity contribution in [3.05, 3.63) is 46.2 Å². The van der Waals surface area contributed by atoms with E-state index in [-0.39, 0.29) is 0 Å². The Morgan fingerprint density at radius 2 is 2.06 bits per heavy atom. The van der Waals surface area contributed by atoms with Gasteiger partial charge in [-0.25, -0.2) is 9.97 Å². The standard InChI is InChI=1S/C11H5Cl2N3S/c12-7-1-2-9(13)10(5-7)17-11-15-4-3-8(6-14)16-11/h1-5H. The highest BCUT2D eigenvalue weighted by atomic mass is 35.5. The summed E-state index contributed by atoms with van der Waals surface area (Å²) >= 11 is 13.2. The van der Waals surface area contributed by atoms with Gasteiger partial charge in [0.1, 0.15) is 11.8 Å². The molecule has 0 bridgehead atoms. The van der Waals surface area contributed by atoms with Gasteiger partial charge in [-0.3, -0.25) is 0 Å². The van der Waals surface area contributed by atoms with Gasteiger partial charge in [-0.2, -0.15) is 5.26 Å². The number of benzene rings is 1. The van der Waals surface area contributed by atoms with Crippen LogP contribution in [0, 0.1) is 11.3 Å². The van der Waals surface area contributed by atoms with Crippen LogP contribution in [0.5, 0.6) is 0 Å². The fourth-order valence-corrected chi connectivity index (χ4v) is 2.38. The zero-order valence-electron chi connectivity index (χ0n) is 8.39. The SMILES string of the molecule is N#Cc1ccnc(Sc2cc(Cl)ccc2Cl)n1. The Hall–Kier alpha value is -1.28. The number of hydrogen-bond donors (Lipinski definition) is 0. The van der Waals surface area contributed by atoms with Crippen LogP contribution in [-0.2, 0) is 0 Å². The van der Waals surface area contributed by atoms with Gasteiger partial charge in [0.2, 0.25) is 0 Å². The average molecular weight is 282 g/mol. The average Bonchev–Trinajstić information content (AvgIpc) is 2.34. The summed E-state index contributed by atoms with van der Waals surface area (Å²) in [6.07, 6.45) is 1.53. The van der Waals surface area contributed by atoms with Gasteiger partial charge in [-0.05, 0) is 36.0 Å². The van der Waals surface area contributed by atoms with Gasteiger partial charge in [-0.15, -0.1) is 0 Å². The number of rotatable bonds is 2. The summed E-state index contributed by atoms with van der Waals surface area (Å²) in [5.74, 6) is 0. The first-order valence-corrected chi connectivity index (χ1v) is 6.12. The molecule has 1 aromatic heterocycles. The topological polar surface area (TPSA) is 49.6 Å². The molecule has 0 saturated heterocycles. The maximum Gasteiger partial charge on any atom is 0.193 e. The first-order chi connectivity index (χ1) is 8.19. The van der Waals surface area contributed by atoms with E-state index in [1.807, 2.05) is 6.07 Å². The molecule has 0 aliphatic heterocycles. The molecule has 2 aromatic rings. The van der Waals surface area contributed by atoms with Crippen LogP contribution in [0.25, 0.3) is 0 Å². The molecule has 0 aliphatic carbocycles. The predicted octanol–water partition coefficient (Wildman–Crippen LogP) is 3.81. The van der Waals surface area contributed by atoms with Crippen molar-refractivity contribution >= 4 is 35.0 Å². The molecule has 1 heterocycles. The highest BCUT2D eigenvalue weighted by Crippen LogP contribution is 2.33. The Labute approximate surface area is 112 Å². The molecule has 6 heteroatoms. The Morgan fingerprint density at radius 1 is 1.24 bits per heavy atom. The van der Waals surface area contributed by atoms with Crippen molar-refractivity contribution in [2.75, 3.05) is 0 Å². The number of hydrogen-bond acceptors (Lipinski definition) is 4. The molecule has 17 heavy (non-hydrogen) atoms. The van der Waals surface area contributed by atoms with Crippen molar-refractivity contribution in [3.8, 4) is 6.07 Å². The van der Waals surface area contributed by atoms with E-state index in [1.54, 1.807) is 24.3 Å². The number of nitrogens with zero attached hydrogens (tertiary/aromatic N) is 3. The van der Waals surface area contributed by atoms with Gasteiger partial charge < -0.3 is 0 Å². The lowest BCUT2D eigenvalue weighted by atomic mass is 10.4. The van der Waals surface area contributed by atoms with E-state index in [0.717, 1.165) is 4.90 Å². The number of aromatic nitrogens is 2. The molecule has 0 spiro atoms. The minimum atomic E-state index is 0.320. The van der Waals surface area contributed by atoms with Crippen LogP contribution in [0.2, 0.25) is 10.0 Å². The van der Waals surface area contributed by atoms with E-state index in [2.05, 4.69) is 9.97 Å². The molecule has 0 atom stereocenters. The zero-order chi connectivity index (χ0) is 12.3. The largest absolute Gasteiger partial charge is 0.231 e. The first-order valence-electron chi connectivity index (χ1n) is 4.55. The molecule has 84 valence electrons. The van der Waals surface area contributed by atoms with Crippen molar-refractivity contribution in [2.24, 2.45) is 0 Å². The molecular weight excluding hydrogens is 277 g/mol. The van der Waals surface area contributed by atoms with Crippen LogP contribution in [0.15, 0.2) is 40.5 Å². The van der Waals surface area contributed by atoms with E-state index in [9.17, 15) is 0 Å². The van der Waals surface area contributed by atoms with Gasteiger partial charge >= 0.3 is 0 Å². The molecule has 1 aromatic carbocycles. The second-order valence-corrected chi connectivity index (χ2v) is 4.87. The van der Waals surface area contributed by atoms with Crippen molar-refractivity contribution < 1.29 is 0 Å². The van der Waals surface area contributed by atoms with Crippen LogP contribution >= 0.6 is 35.0 Å². The lowest BCUT2D eigenvalue weighted by Crippen LogP contribution is -1.89. The smallest absolute Gasteiger partial charge is 0.193 e. The third kappa shape index (κ3) is 3.10. The van der Waals surface area contributed by atoms with Crippen LogP contribution in [0.3, 0.4) is 0 Å². The fourth-order valence-electron chi connectivity index (χ4n) is 1.11. The van der Waals surface area contributed by atoms with Crippen molar-refractivity contribution in [1.82, 2.24) is 9.97 Å². The number of nitriles is 1. The zero-order valence-corrected chi connectivity index (χ0v) is 10.7. The van der Waals surface area contributed by atoms with E-state index < -0.39 is 0 Å². The van der Waals surface area contributed by atoms with Crippen LogP contribution in [0.4, 0.5) is 0 Å². The highest BCUT2D eigenvalue weighted by Gasteiger charge is 2.06. The third-order valence-electron chi connectivity index (χ3n) is 1.84. The second-order valence-electron chi connectivity index (χ2n) is 3.01. The van der Waals surface area contributed by atoms with Gasteiger partial charge in [0, 0.05) is 16.1 Å². The summed E-state index contributed by atoms with van der Waals surface area (Å²) in [4.78, 5) is 8.86. The summed E-state index contributed by atoms with van der Waals surface area (Å²) in [6.45, 7) is 0. The van der Waals surface area contributed by atoms with Crippen LogP contribution in [0.1, 0.15) is 5.69 Å². The molecule has 0 aliphatic rings. The summed E-state index contributed by atoms with van der Waals surface area (Å²) in [5, 5.41) is 10.4. The lowest BCUT2D eigenvalue weighted by molar-refractivity contribution is 0.952. The van der Waals surface area contributed by atoms with E-state index >= 15 is 0 Å². The Bertz CT molecular complexity index is 596. The van der Waals surface area contributed by atoms with E-state index in [4.69, 9.17) is 28.5 Å². The normalized spacial score (nSPS) is 9.94. The molecule has 0 amide bonds. The van der Waals surface area contributed by atoms with Gasteiger partial charge in [0.25, 0.3) is 0 Å². The molecular formula is C11H5Cl2N3S. The summed E-state index contributed by atoms with van der Waals surface area (Å²) < 4.78 is 0.